The van der Waals surface area contributed by atoms with E-state index in [1.54, 1.807) is 6.07 Å². The lowest BCUT2D eigenvalue weighted by molar-refractivity contribution is 0.0943. The van der Waals surface area contributed by atoms with Crippen molar-refractivity contribution in [1.29, 1.82) is 0 Å². The number of carbonyl (C=O) groups excluding carboxylic acids is 1. The lowest BCUT2D eigenvalue weighted by Gasteiger charge is -2.07. The molecule has 2 rings (SSSR count). The Hall–Kier alpha value is -0.960. The summed E-state index contributed by atoms with van der Waals surface area (Å²) in [4.78, 5) is 12.9. The van der Waals surface area contributed by atoms with Crippen LogP contribution in [0.2, 0.25) is 0 Å². The van der Waals surface area contributed by atoms with Crippen molar-refractivity contribution in [3.63, 3.8) is 0 Å². The molecule has 1 aromatic rings. The minimum Gasteiger partial charge on any atom is -0.348 e. The molecule has 0 atom stereocenters. The molecule has 1 fully saturated rings. The van der Waals surface area contributed by atoms with E-state index < -0.39 is 0 Å². The Morgan fingerprint density at radius 1 is 1.24 bits per heavy atom. The highest BCUT2D eigenvalue weighted by atomic mass is 32.1. The Bertz CT molecular complexity index is 451. The van der Waals surface area contributed by atoms with Gasteiger partial charge in [0.05, 0.1) is 0 Å². The summed E-state index contributed by atoms with van der Waals surface area (Å²) in [5, 5.41) is 3.11. The first kappa shape index (κ1) is 12.5. The zero-order chi connectivity index (χ0) is 12.8. The van der Waals surface area contributed by atoms with Crippen molar-refractivity contribution in [2.24, 2.45) is 10.8 Å². The van der Waals surface area contributed by atoms with E-state index in [2.05, 4.69) is 45.6 Å². The summed E-state index contributed by atoms with van der Waals surface area (Å²) in [7, 11) is 0. The van der Waals surface area contributed by atoms with E-state index in [9.17, 15) is 4.79 Å². The maximum absolute atomic E-state index is 12.1. The van der Waals surface area contributed by atoms with Gasteiger partial charge in [0, 0.05) is 16.5 Å². The highest BCUT2D eigenvalue weighted by Crippen LogP contribution is 2.62. The number of benzene rings is 1. The SMILES string of the molecule is CC1(C)C(NC(=O)c2cccc(S)c2)C1(C)C. The zero-order valence-electron chi connectivity index (χ0n) is 10.7. The van der Waals surface area contributed by atoms with Crippen LogP contribution in [0.25, 0.3) is 0 Å². The molecule has 0 radical (unpaired) electrons. The van der Waals surface area contributed by atoms with E-state index in [0.717, 1.165) is 4.90 Å². The summed E-state index contributed by atoms with van der Waals surface area (Å²) in [6.45, 7) is 8.75. The Balaban J connectivity index is 2.10. The lowest BCUT2D eigenvalue weighted by Crippen LogP contribution is -2.29. The molecule has 0 bridgehead atoms. The van der Waals surface area contributed by atoms with Crippen LogP contribution in [0.4, 0.5) is 0 Å². The Morgan fingerprint density at radius 3 is 2.29 bits per heavy atom. The highest BCUT2D eigenvalue weighted by molar-refractivity contribution is 7.80. The van der Waals surface area contributed by atoms with Crippen molar-refractivity contribution in [1.82, 2.24) is 5.32 Å². The largest absolute Gasteiger partial charge is 0.348 e. The van der Waals surface area contributed by atoms with Crippen molar-refractivity contribution < 1.29 is 4.79 Å². The van der Waals surface area contributed by atoms with Gasteiger partial charge in [0.15, 0.2) is 0 Å². The third kappa shape index (κ3) is 1.97. The molecule has 1 amide bonds. The number of hydrogen-bond acceptors (Lipinski definition) is 2. The maximum Gasteiger partial charge on any atom is 0.251 e. The molecule has 1 N–H and O–H groups in total. The summed E-state index contributed by atoms with van der Waals surface area (Å²) in [5.74, 6) is -0.00968. The summed E-state index contributed by atoms with van der Waals surface area (Å²) in [6.07, 6.45) is 0. The third-order valence-electron chi connectivity index (χ3n) is 4.40. The molecule has 0 spiro atoms. The quantitative estimate of drug-likeness (QED) is 0.775. The molecule has 2 nitrogen and oxygen atoms in total. The second-order valence-electron chi connectivity index (χ2n) is 5.90. The number of carbonyl (C=O) groups is 1. The van der Waals surface area contributed by atoms with Crippen LogP contribution in [0.15, 0.2) is 29.2 Å². The molecular weight excluding hydrogens is 230 g/mol. The molecule has 1 saturated carbocycles. The monoisotopic (exact) mass is 249 g/mol. The second-order valence-corrected chi connectivity index (χ2v) is 6.42. The van der Waals surface area contributed by atoms with E-state index in [1.807, 2.05) is 18.2 Å². The van der Waals surface area contributed by atoms with Crippen LogP contribution < -0.4 is 5.32 Å². The molecule has 1 aliphatic rings. The molecular formula is C14H19NOS. The number of hydrogen-bond donors (Lipinski definition) is 2. The van der Waals surface area contributed by atoms with Gasteiger partial charge in [-0.05, 0) is 29.0 Å². The van der Waals surface area contributed by atoms with Crippen LogP contribution in [0.1, 0.15) is 38.1 Å². The molecule has 0 unspecified atom stereocenters. The first-order valence-electron chi connectivity index (χ1n) is 5.87. The molecule has 3 heteroatoms. The topological polar surface area (TPSA) is 29.1 Å². The van der Waals surface area contributed by atoms with Crippen LogP contribution in [0, 0.1) is 10.8 Å². The molecule has 1 aliphatic carbocycles. The van der Waals surface area contributed by atoms with Gasteiger partial charge < -0.3 is 5.32 Å². The minimum atomic E-state index is -0.00968. The van der Waals surface area contributed by atoms with Gasteiger partial charge in [0.25, 0.3) is 5.91 Å². The lowest BCUT2D eigenvalue weighted by atomic mass is 10.0. The molecule has 17 heavy (non-hydrogen) atoms. The minimum absolute atomic E-state index is 0.00968. The van der Waals surface area contributed by atoms with Crippen molar-refractivity contribution in [3.05, 3.63) is 29.8 Å². The summed E-state index contributed by atoms with van der Waals surface area (Å²) >= 11 is 4.24. The van der Waals surface area contributed by atoms with E-state index in [-0.39, 0.29) is 22.8 Å². The van der Waals surface area contributed by atoms with Gasteiger partial charge in [0.2, 0.25) is 0 Å². The van der Waals surface area contributed by atoms with Gasteiger partial charge in [-0.15, -0.1) is 12.6 Å². The number of thiol groups is 1. The van der Waals surface area contributed by atoms with Crippen molar-refractivity contribution >= 4 is 18.5 Å². The molecule has 1 aromatic carbocycles. The zero-order valence-corrected chi connectivity index (χ0v) is 11.6. The van der Waals surface area contributed by atoms with Crippen molar-refractivity contribution in [2.75, 3.05) is 0 Å². The average molecular weight is 249 g/mol. The molecule has 0 aromatic heterocycles. The van der Waals surface area contributed by atoms with E-state index in [4.69, 9.17) is 0 Å². The van der Waals surface area contributed by atoms with Crippen LogP contribution in [-0.4, -0.2) is 11.9 Å². The average Bonchev–Trinajstić information content (AvgIpc) is 2.61. The van der Waals surface area contributed by atoms with Crippen molar-refractivity contribution in [2.45, 2.75) is 38.6 Å². The van der Waals surface area contributed by atoms with Gasteiger partial charge in [-0.2, -0.15) is 0 Å². The first-order chi connectivity index (χ1) is 7.76. The van der Waals surface area contributed by atoms with E-state index in [0.29, 0.717) is 5.56 Å². The van der Waals surface area contributed by atoms with Gasteiger partial charge >= 0.3 is 0 Å². The van der Waals surface area contributed by atoms with Gasteiger partial charge in [0.1, 0.15) is 0 Å². The fourth-order valence-electron chi connectivity index (χ4n) is 2.42. The van der Waals surface area contributed by atoms with E-state index in [1.165, 1.54) is 0 Å². The van der Waals surface area contributed by atoms with E-state index >= 15 is 0 Å². The molecule has 0 saturated heterocycles. The standard InChI is InChI=1S/C14H19NOS/c1-13(2)12(14(13,3)4)15-11(16)9-6-5-7-10(17)8-9/h5-8,12,17H,1-4H3,(H,15,16). The number of amides is 1. The fraction of sp³-hybridized carbons (Fsp3) is 0.500. The Kier molecular flexibility index (Phi) is 2.77. The normalized spacial score (nSPS) is 21.0. The predicted octanol–water partition coefficient (Wildman–Crippen LogP) is 3.14. The smallest absolute Gasteiger partial charge is 0.251 e. The summed E-state index contributed by atoms with van der Waals surface area (Å²) in [6, 6.07) is 7.56. The predicted molar refractivity (Wildman–Crippen MR) is 72.5 cm³/mol. The number of rotatable bonds is 2. The number of nitrogens with one attached hydrogen (secondary N) is 1. The van der Waals surface area contributed by atoms with Gasteiger partial charge in [-0.3, -0.25) is 4.79 Å². The third-order valence-corrected chi connectivity index (χ3v) is 4.68. The van der Waals surface area contributed by atoms with Crippen LogP contribution in [0.3, 0.4) is 0 Å². The summed E-state index contributed by atoms with van der Waals surface area (Å²) < 4.78 is 0. The Labute approximate surface area is 108 Å². The second kappa shape index (κ2) is 3.77. The molecule has 92 valence electrons. The van der Waals surface area contributed by atoms with Crippen molar-refractivity contribution in [3.8, 4) is 0 Å². The first-order valence-corrected chi connectivity index (χ1v) is 6.31. The molecule has 0 heterocycles. The van der Waals surface area contributed by atoms with Crippen LogP contribution in [0.5, 0.6) is 0 Å². The highest BCUT2D eigenvalue weighted by Gasteiger charge is 2.65. The maximum atomic E-state index is 12.1. The fourth-order valence-corrected chi connectivity index (χ4v) is 2.64. The van der Waals surface area contributed by atoms with Crippen LogP contribution in [-0.2, 0) is 0 Å². The Morgan fingerprint density at radius 2 is 1.82 bits per heavy atom. The van der Waals surface area contributed by atoms with Crippen LogP contribution >= 0.6 is 12.6 Å². The van der Waals surface area contributed by atoms with Gasteiger partial charge in [-0.1, -0.05) is 33.8 Å². The van der Waals surface area contributed by atoms with Gasteiger partial charge in [-0.25, -0.2) is 0 Å². The molecule has 0 aliphatic heterocycles. The summed E-state index contributed by atoms with van der Waals surface area (Å²) in [5.41, 5.74) is 1.01.